The monoisotopic (exact) mass is 429 g/mol. The molecule has 170 valence electrons. The summed E-state index contributed by atoms with van der Waals surface area (Å²) in [5.74, 6) is 5.74. The molecule has 7 heteroatoms. The van der Waals surface area contributed by atoms with Crippen LogP contribution in [-0.2, 0) is 20.9 Å². The molecular weight excluding hydrogens is 394 g/mol. The van der Waals surface area contributed by atoms with Crippen LogP contribution < -0.4 is 10.6 Å². The molecular formula is C24H35N3O4. The molecule has 1 aliphatic heterocycles. The molecule has 31 heavy (non-hydrogen) atoms. The molecule has 0 fully saturated rings. The Hall–Kier alpha value is -2.69. The van der Waals surface area contributed by atoms with Crippen molar-refractivity contribution in [1.82, 2.24) is 15.5 Å². The number of benzene rings is 1. The van der Waals surface area contributed by atoms with Gasteiger partial charge in [0.15, 0.2) is 0 Å². The first-order chi connectivity index (χ1) is 15.0. The van der Waals surface area contributed by atoms with Crippen LogP contribution in [0, 0.1) is 11.8 Å². The zero-order valence-corrected chi connectivity index (χ0v) is 19.3. The van der Waals surface area contributed by atoms with Crippen molar-refractivity contribution in [1.29, 1.82) is 0 Å². The van der Waals surface area contributed by atoms with Gasteiger partial charge in [-0.25, -0.2) is 0 Å². The summed E-state index contributed by atoms with van der Waals surface area (Å²) >= 11 is 0. The molecule has 1 aromatic rings. The van der Waals surface area contributed by atoms with E-state index in [0.29, 0.717) is 31.5 Å². The van der Waals surface area contributed by atoms with Crippen LogP contribution in [0.3, 0.4) is 0 Å². The van der Waals surface area contributed by atoms with E-state index in [-0.39, 0.29) is 30.4 Å². The third-order valence-corrected chi connectivity index (χ3v) is 4.95. The second-order valence-electron chi connectivity index (χ2n) is 7.19. The van der Waals surface area contributed by atoms with E-state index in [0.717, 1.165) is 24.1 Å². The number of fused-ring (bicyclic) bond motifs is 1. The van der Waals surface area contributed by atoms with E-state index in [2.05, 4.69) is 22.5 Å². The zero-order chi connectivity index (χ0) is 23.2. The van der Waals surface area contributed by atoms with Crippen molar-refractivity contribution in [2.75, 3.05) is 20.2 Å². The van der Waals surface area contributed by atoms with Crippen molar-refractivity contribution < 1.29 is 19.1 Å². The number of rotatable bonds is 10. The summed E-state index contributed by atoms with van der Waals surface area (Å²) in [6.07, 6.45) is 2.15. The first-order valence-corrected chi connectivity index (χ1v) is 10.9. The lowest BCUT2D eigenvalue weighted by atomic mass is 10.1. The normalized spacial score (nSPS) is 13.8. The summed E-state index contributed by atoms with van der Waals surface area (Å²) in [5.41, 5.74) is 2.47. The van der Waals surface area contributed by atoms with Crippen LogP contribution >= 0.6 is 0 Å². The van der Waals surface area contributed by atoms with Gasteiger partial charge in [0.05, 0.1) is 6.10 Å². The van der Waals surface area contributed by atoms with Crippen LogP contribution in [0.4, 0.5) is 0 Å². The molecule has 2 atom stereocenters. The number of nitrogens with zero attached hydrogens (tertiary/aromatic N) is 1. The van der Waals surface area contributed by atoms with Gasteiger partial charge in [0.2, 0.25) is 12.3 Å². The maximum atomic E-state index is 12.6. The second-order valence-corrected chi connectivity index (χ2v) is 7.19. The Morgan fingerprint density at radius 3 is 2.71 bits per heavy atom. The summed E-state index contributed by atoms with van der Waals surface area (Å²) in [5, 5.41) is 5.21. The van der Waals surface area contributed by atoms with Gasteiger partial charge >= 0.3 is 0 Å². The van der Waals surface area contributed by atoms with E-state index in [1.165, 1.54) is 0 Å². The molecule has 1 aromatic carbocycles. The Bertz CT molecular complexity index is 798. The van der Waals surface area contributed by atoms with Crippen molar-refractivity contribution in [2.45, 2.75) is 65.6 Å². The van der Waals surface area contributed by atoms with Gasteiger partial charge in [-0.1, -0.05) is 25.7 Å². The van der Waals surface area contributed by atoms with Crippen LogP contribution in [0.15, 0.2) is 18.2 Å². The Kier molecular flexibility index (Phi) is 12.2. The largest absolute Gasteiger partial charge is 0.366 e. The minimum atomic E-state index is -0.337. The predicted molar refractivity (Wildman–Crippen MR) is 121 cm³/mol. The van der Waals surface area contributed by atoms with E-state index in [1.54, 1.807) is 4.90 Å². The summed E-state index contributed by atoms with van der Waals surface area (Å²) in [6.45, 7) is 9.71. The fourth-order valence-electron chi connectivity index (χ4n) is 3.16. The van der Waals surface area contributed by atoms with Crippen molar-refractivity contribution in [3.8, 4) is 11.8 Å². The lowest BCUT2D eigenvalue weighted by Gasteiger charge is -2.23. The molecule has 0 spiro atoms. The first-order valence-electron chi connectivity index (χ1n) is 10.9. The van der Waals surface area contributed by atoms with E-state index in [4.69, 9.17) is 4.74 Å². The lowest BCUT2D eigenvalue weighted by molar-refractivity contribution is -0.125. The molecule has 2 N–H and O–H groups in total. The summed E-state index contributed by atoms with van der Waals surface area (Å²) in [4.78, 5) is 36.2. The van der Waals surface area contributed by atoms with E-state index >= 15 is 0 Å². The molecule has 0 aliphatic carbocycles. The molecule has 0 aromatic heterocycles. The minimum Gasteiger partial charge on any atom is -0.366 e. The molecule has 1 heterocycles. The maximum absolute atomic E-state index is 12.6. The topological polar surface area (TPSA) is 87.7 Å². The fraction of sp³-hybridized carbons (Fsp3) is 0.542. The molecule has 2 unspecified atom stereocenters. The third kappa shape index (κ3) is 8.52. The van der Waals surface area contributed by atoms with Gasteiger partial charge in [0, 0.05) is 30.1 Å². The van der Waals surface area contributed by atoms with Crippen molar-refractivity contribution in [2.24, 2.45) is 0 Å². The number of amides is 3. The van der Waals surface area contributed by atoms with Gasteiger partial charge in [-0.2, -0.15) is 0 Å². The summed E-state index contributed by atoms with van der Waals surface area (Å²) < 4.78 is 5.66. The van der Waals surface area contributed by atoms with Crippen LogP contribution in [-0.4, -0.2) is 55.5 Å². The molecule has 0 saturated carbocycles. The highest BCUT2D eigenvalue weighted by molar-refractivity contribution is 5.98. The summed E-state index contributed by atoms with van der Waals surface area (Å²) in [6, 6.07) is 5.49. The predicted octanol–water partition coefficient (Wildman–Crippen LogP) is 2.48. The lowest BCUT2D eigenvalue weighted by Crippen LogP contribution is -2.34. The van der Waals surface area contributed by atoms with Crippen LogP contribution in [0.5, 0.6) is 0 Å². The van der Waals surface area contributed by atoms with E-state index < -0.39 is 0 Å². The van der Waals surface area contributed by atoms with Gasteiger partial charge in [0.1, 0.15) is 6.61 Å². The summed E-state index contributed by atoms with van der Waals surface area (Å²) in [7, 11) is 1.91. The SMILES string of the molecule is CC.CNCCC(C)OCC#Cc1ccc2c(c1)CN(C(C)CCC(=O)NC=O)C2=O. The number of hydrogen-bond acceptors (Lipinski definition) is 5. The third-order valence-electron chi connectivity index (χ3n) is 4.95. The number of nitrogens with one attached hydrogen (secondary N) is 2. The highest BCUT2D eigenvalue weighted by Crippen LogP contribution is 2.26. The maximum Gasteiger partial charge on any atom is 0.254 e. The molecule has 1 aliphatic rings. The number of ether oxygens (including phenoxy) is 1. The molecule has 0 saturated heterocycles. The molecule has 0 radical (unpaired) electrons. The first kappa shape index (κ1) is 26.3. The van der Waals surface area contributed by atoms with Crippen LogP contribution in [0.2, 0.25) is 0 Å². The zero-order valence-electron chi connectivity index (χ0n) is 19.3. The quantitative estimate of drug-likeness (QED) is 0.441. The second kappa shape index (κ2) is 14.3. The Labute approximate surface area is 185 Å². The highest BCUT2D eigenvalue weighted by atomic mass is 16.5. The number of imide groups is 1. The number of carbonyl (C=O) groups is 3. The molecule has 2 rings (SSSR count). The minimum absolute atomic E-state index is 0.0375. The number of hydrogen-bond donors (Lipinski definition) is 2. The van der Waals surface area contributed by atoms with Gasteiger partial charge < -0.3 is 15.0 Å². The standard InChI is InChI=1S/C22H29N3O4.C2H6/c1-16(6-9-21(27)24-15-26)25-14-19-13-18(7-8-20(19)22(25)28)5-4-12-29-17(2)10-11-23-3;1-2/h7-8,13,15-17,23H,6,9-12,14H2,1-3H3,(H,24,26,27);1-2H3. The van der Waals surface area contributed by atoms with Crippen LogP contribution in [0.25, 0.3) is 0 Å². The molecule has 3 amide bonds. The smallest absolute Gasteiger partial charge is 0.254 e. The van der Waals surface area contributed by atoms with Crippen molar-refractivity contribution in [3.05, 3.63) is 34.9 Å². The highest BCUT2D eigenvalue weighted by Gasteiger charge is 2.30. The van der Waals surface area contributed by atoms with Gasteiger partial charge in [-0.3, -0.25) is 19.7 Å². The Morgan fingerprint density at radius 1 is 1.29 bits per heavy atom. The van der Waals surface area contributed by atoms with E-state index in [1.807, 2.05) is 52.9 Å². The number of carbonyl (C=O) groups excluding carboxylic acids is 3. The van der Waals surface area contributed by atoms with Gasteiger partial charge in [-0.05, 0) is 64.0 Å². The van der Waals surface area contributed by atoms with Crippen molar-refractivity contribution >= 4 is 18.2 Å². The van der Waals surface area contributed by atoms with Gasteiger partial charge in [-0.15, -0.1) is 0 Å². The van der Waals surface area contributed by atoms with Crippen LogP contribution in [0.1, 0.15) is 68.4 Å². The molecule has 0 bridgehead atoms. The fourth-order valence-corrected chi connectivity index (χ4v) is 3.16. The molecule has 7 nitrogen and oxygen atoms in total. The van der Waals surface area contributed by atoms with Crippen molar-refractivity contribution in [3.63, 3.8) is 0 Å². The van der Waals surface area contributed by atoms with Gasteiger partial charge in [0.25, 0.3) is 5.91 Å². The van der Waals surface area contributed by atoms with E-state index in [9.17, 15) is 14.4 Å². The Balaban J connectivity index is 0.00000233. The Morgan fingerprint density at radius 2 is 2.03 bits per heavy atom. The average molecular weight is 430 g/mol. The average Bonchev–Trinajstić information content (AvgIpc) is 3.11.